The number of unbranched alkanes of at least 4 members (excludes halogenated alkanes) is 1. The lowest BCUT2D eigenvalue weighted by Gasteiger charge is -2.37. The molecule has 2 amide bonds. The lowest BCUT2D eigenvalue weighted by atomic mass is 9.77. The molecule has 0 unspecified atom stereocenters. The highest BCUT2D eigenvalue weighted by atomic mass is 16.2. The summed E-state index contributed by atoms with van der Waals surface area (Å²) in [5.74, 6) is 0.185. The van der Waals surface area contributed by atoms with Crippen molar-refractivity contribution >= 4 is 29.0 Å². The van der Waals surface area contributed by atoms with Crippen molar-refractivity contribution in [2.45, 2.75) is 83.5 Å². The van der Waals surface area contributed by atoms with Gasteiger partial charge in [-0.3, -0.25) is 19.3 Å². The maximum Gasteiger partial charge on any atom is 0.234 e. The Morgan fingerprint density at radius 3 is 2.36 bits per heavy atom. The summed E-state index contributed by atoms with van der Waals surface area (Å²) in [4.78, 5) is 44.4. The lowest BCUT2D eigenvalue weighted by Crippen LogP contribution is -2.46. The Labute approximate surface area is 233 Å². The van der Waals surface area contributed by atoms with E-state index in [2.05, 4.69) is 48.8 Å². The van der Waals surface area contributed by atoms with Gasteiger partial charge in [0.2, 0.25) is 11.8 Å². The molecule has 208 valence electrons. The Balaban J connectivity index is 1.12. The van der Waals surface area contributed by atoms with Crippen LogP contribution in [0, 0.1) is 0 Å². The highest BCUT2D eigenvalue weighted by Crippen LogP contribution is 2.40. The first-order valence-corrected chi connectivity index (χ1v) is 14.8. The van der Waals surface area contributed by atoms with Gasteiger partial charge in [0, 0.05) is 56.7 Å². The highest BCUT2D eigenvalue weighted by Gasteiger charge is 2.30. The summed E-state index contributed by atoms with van der Waals surface area (Å²) in [6, 6.07) is 14.3. The third kappa shape index (κ3) is 6.27. The summed E-state index contributed by atoms with van der Waals surface area (Å²) >= 11 is 0. The molecular formula is C33H43N3O3. The van der Waals surface area contributed by atoms with Gasteiger partial charge in [-0.1, -0.05) is 45.4 Å². The number of rotatable bonds is 7. The summed E-state index contributed by atoms with van der Waals surface area (Å²) in [5.41, 5.74) is 5.39. The van der Waals surface area contributed by atoms with E-state index in [-0.39, 0.29) is 35.9 Å². The van der Waals surface area contributed by atoms with Crippen LogP contribution in [0.2, 0.25) is 0 Å². The molecule has 0 N–H and O–H groups in total. The summed E-state index contributed by atoms with van der Waals surface area (Å²) in [7, 11) is 0. The van der Waals surface area contributed by atoms with Crippen molar-refractivity contribution in [3.05, 3.63) is 59.2 Å². The van der Waals surface area contributed by atoms with E-state index in [4.69, 9.17) is 0 Å². The third-order valence-corrected chi connectivity index (χ3v) is 8.75. The predicted octanol–water partition coefficient (Wildman–Crippen LogP) is 6.08. The molecule has 2 aromatic carbocycles. The molecule has 1 saturated carbocycles. The zero-order chi connectivity index (χ0) is 27.6. The van der Waals surface area contributed by atoms with E-state index in [1.54, 1.807) is 24.3 Å². The fourth-order valence-electron chi connectivity index (χ4n) is 5.96. The number of ketones is 1. The van der Waals surface area contributed by atoms with Crippen molar-refractivity contribution in [2.24, 2.45) is 0 Å². The Hall–Kier alpha value is -2.99. The molecule has 2 aliphatic heterocycles. The second kappa shape index (κ2) is 11.6. The first kappa shape index (κ1) is 27.6. The molecule has 0 bridgehead atoms. The van der Waals surface area contributed by atoms with Crippen LogP contribution in [0.5, 0.6) is 0 Å². The average molecular weight is 530 g/mol. The van der Waals surface area contributed by atoms with Crippen LogP contribution < -0.4 is 9.80 Å². The molecule has 2 heterocycles. The molecule has 1 aliphatic carbocycles. The number of nitrogens with zero attached hydrogens (tertiary/aromatic N) is 3. The van der Waals surface area contributed by atoms with Gasteiger partial charge in [-0.2, -0.15) is 0 Å². The molecule has 0 aromatic heterocycles. The summed E-state index contributed by atoms with van der Waals surface area (Å²) < 4.78 is 0. The van der Waals surface area contributed by atoms with Crippen molar-refractivity contribution in [1.82, 2.24) is 4.90 Å². The van der Waals surface area contributed by atoms with Crippen LogP contribution in [0.1, 0.15) is 99.5 Å². The maximum atomic E-state index is 13.1. The Bertz CT molecular complexity index is 1220. The topological polar surface area (TPSA) is 60.9 Å². The first-order chi connectivity index (χ1) is 18.7. The number of carbonyl (C=O) groups excluding carboxylic acids is 3. The van der Waals surface area contributed by atoms with E-state index in [9.17, 15) is 14.4 Å². The minimum atomic E-state index is -0.273. The van der Waals surface area contributed by atoms with Crippen molar-refractivity contribution in [3.8, 4) is 0 Å². The Morgan fingerprint density at radius 2 is 1.67 bits per heavy atom. The summed E-state index contributed by atoms with van der Waals surface area (Å²) in [6.45, 7) is 12.0. The van der Waals surface area contributed by atoms with Crippen LogP contribution in [-0.4, -0.2) is 55.2 Å². The van der Waals surface area contributed by atoms with Crippen LogP contribution in [0.4, 0.5) is 11.4 Å². The zero-order valence-electron chi connectivity index (χ0n) is 23.9. The van der Waals surface area contributed by atoms with Gasteiger partial charge < -0.3 is 4.90 Å². The number of anilines is 2. The molecule has 6 nitrogen and oxygen atoms in total. The number of hydrogen-bond donors (Lipinski definition) is 0. The molecule has 0 atom stereocenters. The van der Waals surface area contributed by atoms with Gasteiger partial charge >= 0.3 is 0 Å². The van der Waals surface area contributed by atoms with Gasteiger partial charge in [0.05, 0.1) is 5.69 Å². The van der Waals surface area contributed by atoms with E-state index in [1.807, 2.05) is 0 Å². The second-order valence-corrected chi connectivity index (χ2v) is 12.5. The maximum absolute atomic E-state index is 13.1. The van der Waals surface area contributed by atoms with Gasteiger partial charge in [0.25, 0.3) is 0 Å². The van der Waals surface area contributed by atoms with Gasteiger partial charge in [-0.15, -0.1) is 0 Å². The minimum Gasteiger partial charge on any atom is -0.369 e. The van der Waals surface area contributed by atoms with E-state index in [0.717, 1.165) is 51.5 Å². The molecule has 5 rings (SSSR count). The number of piperazine rings is 1. The van der Waals surface area contributed by atoms with Gasteiger partial charge in [0.1, 0.15) is 0 Å². The fourth-order valence-corrected chi connectivity index (χ4v) is 5.96. The number of hydrogen-bond acceptors (Lipinski definition) is 5. The van der Waals surface area contributed by atoms with Crippen molar-refractivity contribution < 1.29 is 14.4 Å². The van der Waals surface area contributed by atoms with Crippen LogP contribution >= 0.6 is 0 Å². The van der Waals surface area contributed by atoms with Crippen LogP contribution in [-0.2, 0) is 15.0 Å². The number of para-hydroxylation sites is 1. The van der Waals surface area contributed by atoms with Crippen molar-refractivity contribution in [2.75, 3.05) is 42.5 Å². The number of carbonyl (C=O) groups is 3. The molecule has 2 aromatic rings. The Morgan fingerprint density at radius 1 is 0.923 bits per heavy atom. The number of amides is 2. The van der Waals surface area contributed by atoms with Crippen LogP contribution in [0.25, 0.3) is 0 Å². The monoisotopic (exact) mass is 529 g/mol. The van der Waals surface area contributed by atoms with Crippen molar-refractivity contribution in [1.29, 1.82) is 0 Å². The molecule has 3 aliphatic rings. The van der Waals surface area contributed by atoms with Gasteiger partial charge in [-0.05, 0) is 79.0 Å². The standard InChI is InChI=1S/C33H43N3O3/c1-33(2,3)26-21-25(24-9-8-10-24)22-27(23-26)35-19-17-34(18-20-35)16-7-6-13-31(38)36-29-12-5-4-11-28(29)30(37)14-15-32(36)39/h4-5,11-12,21-24H,6-10,13-20H2,1-3H3. The summed E-state index contributed by atoms with van der Waals surface area (Å²) in [5, 5.41) is 0. The molecule has 1 saturated heterocycles. The smallest absolute Gasteiger partial charge is 0.234 e. The average Bonchev–Trinajstić information content (AvgIpc) is 3.01. The Kier molecular flexibility index (Phi) is 8.22. The lowest BCUT2D eigenvalue weighted by molar-refractivity contribution is -0.126. The largest absolute Gasteiger partial charge is 0.369 e. The third-order valence-electron chi connectivity index (χ3n) is 8.75. The fraction of sp³-hybridized carbons (Fsp3) is 0.545. The molecule has 2 fully saturated rings. The second-order valence-electron chi connectivity index (χ2n) is 12.5. The van der Waals surface area contributed by atoms with E-state index >= 15 is 0 Å². The molecule has 0 spiro atoms. The van der Waals surface area contributed by atoms with E-state index in [0.29, 0.717) is 17.7 Å². The molecule has 0 radical (unpaired) electrons. The van der Waals surface area contributed by atoms with Gasteiger partial charge in [0.15, 0.2) is 5.78 Å². The SMILES string of the molecule is CC(C)(C)c1cc(C2CCC2)cc(N2CCN(CCCCC(=O)N3C(=O)CCC(=O)c4ccccc43)CC2)c1. The minimum absolute atomic E-state index is 0.0715. The van der Waals surface area contributed by atoms with E-state index in [1.165, 1.54) is 41.0 Å². The van der Waals surface area contributed by atoms with Crippen LogP contribution in [0.3, 0.4) is 0 Å². The number of Topliss-reactive ketones (excluding diaryl/α,β-unsaturated/α-hetero) is 1. The first-order valence-electron chi connectivity index (χ1n) is 14.8. The molecular weight excluding hydrogens is 486 g/mol. The number of imide groups is 1. The zero-order valence-corrected chi connectivity index (χ0v) is 23.9. The highest BCUT2D eigenvalue weighted by molar-refractivity contribution is 6.20. The summed E-state index contributed by atoms with van der Waals surface area (Å²) in [6.07, 6.45) is 6.21. The number of benzene rings is 2. The number of fused-ring (bicyclic) bond motifs is 1. The molecule has 39 heavy (non-hydrogen) atoms. The normalized spacial score (nSPS) is 19.1. The quantitative estimate of drug-likeness (QED) is 0.407. The predicted molar refractivity (Wildman–Crippen MR) is 157 cm³/mol. The van der Waals surface area contributed by atoms with Crippen LogP contribution in [0.15, 0.2) is 42.5 Å². The van der Waals surface area contributed by atoms with Gasteiger partial charge in [-0.25, -0.2) is 4.90 Å². The van der Waals surface area contributed by atoms with E-state index < -0.39 is 0 Å². The van der Waals surface area contributed by atoms with Crippen molar-refractivity contribution in [3.63, 3.8) is 0 Å². The molecule has 6 heteroatoms.